The van der Waals surface area contributed by atoms with E-state index in [0.29, 0.717) is 5.54 Å². The molecule has 8 fully saturated rings. The van der Waals surface area contributed by atoms with Gasteiger partial charge in [-0.1, -0.05) is 138 Å². The number of nitrogens with zero attached hydrogens (tertiary/aromatic N) is 4. The first-order valence-corrected chi connectivity index (χ1v) is 31.7. The van der Waals surface area contributed by atoms with Crippen LogP contribution in [0.2, 0.25) is 0 Å². The number of rotatable bonds is 3. The lowest BCUT2D eigenvalue weighted by Crippen LogP contribution is -2.52. The molecule has 4 heterocycles. The molecule has 422 valence electrons. The molecule has 4 saturated heterocycles. The lowest BCUT2D eigenvalue weighted by molar-refractivity contribution is -0.0304. The first kappa shape index (κ1) is 75.4. The van der Waals surface area contributed by atoms with Gasteiger partial charge in [0.05, 0.1) is 0 Å². The first-order chi connectivity index (χ1) is 32.8. The molecule has 0 aromatic carbocycles. The number of likely N-dealkylation sites (tertiary alicyclic amines) is 4. The normalized spacial score (nSPS) is 25.7. The summed E-state index contributed by atoms with van der Waals surface area (Å²) in [6.07, 6.45) is 23.8. The molecule has 69 heavy (non-hydrogen) atoms. The van der Waals surface area contributed by atoms with Gasteiger partial charge in [0.15, 0.2) is 0 Å². The summed E-state index contributed by atoms with van der Waals surface area (Å²) in [4.78, 5) is 10.6. The topological polar surface area (TPSA) is 13.0 Å². The molecule has 4 nitrogen and oxygen atoms in total. The molecule has 4 aliphatic carbocycles. The lowest BCUT2D eigenvalue weighted by Gasteiger charge is -2.53. The standard InChI is InChI=1S/C13H25N.3C12H23N.8C2H6/c1-11-9-13(10-11)5-7-14(8-6-13)12(2,3)4;3*1-10(2)13-6-4-12(5-7-13)8-11(3)9-12;8*1-2/h11H,5-10H2,1-4H3;3*10-11H,4-9H2,1-3H3;8*1-2H3. The van der Waals surface area contributed by atoms with Crippen LogP contribution in [0, 0.1) is 45.3 Å². The maximum absolute atomic E-state index is 2.65. The van der Waals surface area contributed by atoms with Gasteiger partial charge in [-0.25, -0.2) is 0 Å². The van der Waals surface area contributed by atoms with Gasteiger partial charge in [-0.3, -0.25) is 4.90 Å². The highest BCUT2D eigenvalue weighted by Gasteiger charge is 2.47. The summed E-state index contributed by atoms with van der Waals surface area (Å²) in [5.41, 5.74) is 3.55. The Morgan fingerprint density at radius 2 is 0.435 bits per heavy atom. The van der Waals surface area contributed by atoms with Crippen LogP contribution in [-0.4, -0.2) is 95.6 Å². The fraction of sp³-hybridized carbons (Fsp3) is 1.00. The van der Waals surface area contributed by atoms with Crippen LogP contribution >= 0.6 is 0 Å². The average Bonchev–Trinajstić information content (AvgIpc) is 3.33. The first-order valence-electron chi connectivity index (χ1n) is 31.7. The third-order valence-electron chi connectivity index (χ3n) is 16.8. The van der Waals surface area contributed by atoms with Gasteiger partial charge in [-0.05, 0) is 263 Å². The van der Waals surface area contributed by atoms with Crippen molar-refractivity contribution in [2.45, 2.75) is 327 Å². The highest BCUT2D eigenvalue weighted by Crippen LogP contribution is 2.55. The summed E-state index contributed by atoms with van der Waals surface area (Å²) < 4.78 is 0. The Balaban J connectivity index is -0.000000371. The molecule has 0 aromatic heterocycles. The third kappa shape index (κ3) is 26.3. The zero-order valence-corrected chi connectivity index (χ0v) is 54.3. The van der Waals surface area contributed by atoms with Gasteiger partial charge in [0.25, 0.3) is 0 Å². The second-order valence-corrected chi connectivity index (χ2v) is 23.6. The Hall–Kier alpha value is -0.160. The third-order valence-corrected chi connectivity index (χ3v) is 16.8. The molecular weight excluding hydrogens is 837 g/mol. The van der Waals surface area contributed by atoms with Gasteiger partial charge in [-0.2, -0.15) is 0 Å². The van der Waals surface area contributed by atoms with E-state index in [1.165, 1.54) is 155 Å². The smallest absolute Gasteiger partial charge is 0.0125 e. The zero-order chi connectivity index (χ0) is 54.8. The Bertz CT molecular complexity index is 956. The van der Waals surface area contributed by atoms with Crippen LogP contribution in [0.4, 0.5) is 0 Å². The lowest BCUT2D eigenvalue weighted by atomic mass is 9.58. The minimum absolute atomic E-state index is 0.386. The van der Waals surface area contributed by atoms with E-state index in [-0.39, 0.29) is 0 Å². The Kier molecular flexibility index (Phi) is 43.9. The molecule has 4 heteroatoms. The molecule has 0 aromatic rings. The molecule has 4 spiro atoms. The van der Waals surface area contributed by atoms with Gasteiger partial charge in [0.1, 0.15) is 0 Å². The Morgan fingerprint density at radius 1 is 0.290 bits per heavy atom. The number of piperidine rings is 4. The van der Waals surface area contributed by atoms with Crippen molar-refractivity contribution in [3.05, 3.63) is 0 Å². The minimum Gasteiger partial charge on any atom is -0.301 e. The summed E-state index contributed by atoms with van der Waals surface area (Å²) in [7, 11) is 0. The molecular formula is C65H142N4. The molecule has 0 radical (unpaired) electrons. The molecule has 0 amide bonds. The van der Waals surface area contributed by atoms with Crippen LogP contribution < -0.4 is 0 Å². The van der Waals surface area contributed by atoms with Crippen molar-refractivity contribution in [2.24, 2.45) is 45.3 Å². The molecule has 0 atom stereocenters. The van der Waals surface area contributed by atoms with Crippen molar-refractivity contribution in [1.29, 1.82) is 0 Å². The van der Waals surface area contributed by atoms with Crippen molar-refractivity contribution in [1.82, 2.24) is 19.6 Å². The maximum Gasteiger partial charge on any atom is 0.0125 e. The van der Waals surface area contributed by atoms with E-state index in [4.69, 9.17) is 0 Å². The predicted molar refractivity (Wildman–Crippen MR) is 322 cm³/mol. The summed E-state index contributed by atoms with van der Waals surface area (Å²) in [5, 5.41) is 0. The molecule has 0 bridgehead atoms. The van der Waals surface area contributed by atoms with Crippen molar-refractivity contribution in [3.63, 3.8) is 0 Å². The van der Waals surface area contributed by atoms with E-state index in [1.54, 1.807) is 0 Å². The van der Waals surface area contributed by atoms with Gasteiger partial charge in [-0.15, -0.1) is 0 Å². The van der Waals surface area contributed by atoms with Crippen LogP contribution in [0.25, 0.3) is 0 Å². The van der Waals surface area contributed by atoms with E-state index in [9.17, 15) is 0 Å². The summed E-state index contributed by atoms with van der Waals surface area (Å²) in [5.74, 6) is 4.07. The van der Waals surface area contributed by atoms with Crippen LogP contribution in [0.15, 0.2) is 0 Å². The summed E-state index contributed by atoms with van der Waals surface area (Å²) in [6, 6.07) is 2.28. The van der Waals surface area contributed by atoms with Gasteiger partial charge in [0, 0.05) is 23.7 Å². The highest BCUT2D eigenvalue weighted by molar-refractivity contribution is 4.99. The van der Waals surface area contributed by atoms with E-state index >= 15 is 0 Å². The molecule has 4 aliphatic heterocycles. The quantitative estimate of drug-likeness (QED) is 0.279. The predicted octanol–water partition coefficient (Wildman–Crippen LogP) is 20.2. The van der Waals surface area contributed by atoms with Crippen LogP contribution in [0.3, 0.4) is 0 Å². The van der Waals surface area contributed by atoms with Gasteiger partial charge >= 0.3 is 0 Å². The maximum atomic E-state index is 2.65. The zero-order valence-electron chi connectivity index (χ0n) is 54.3. The van der Waals surface area contributed by atoms with Crippen LogP contribution in [-0.2, 0) is 0 Å². The molecule has 4 saturated carbocycles. The Labute approximate surface area is 442 Å². The Morgan fingerprint density at radius 3 is 0.551 bits per heavy atom. The van der Waals surface area contributed by atoms with Gasteiger partial charge < -0.3 is 14.7 Å². The monoisotopic (exact) mass is 979 g/mol. The van der Waals surface area contributed by atoms with E-state index in [2.05, 4.69) is 110 Å². The fourth-order valence-corrected chi connectivity index (χ4v) is 13.5. The second kappa shape index (κ2) is 40.2. The average molecular weight is 980 g/mol. The van der Waals surface area contributed by atoms with E-state index in [0.717, 1.165) is 63.5 Å². The fourth-order valence-electron chi connectivity index (χ4n) is 13.5. The van der Waals surface area contributed by atoms with E-state index in [1.807, 2.05) is 111 Å². The largest absolute Gasteiger partial charge is 0.301 e. The molecule has 0 unspecified atom stereocenters. The second-order valence-electron chi connectivity index (χ2n) is 23.6. The van der Waals surface area contributed by atoms with Crippen molar-refractivity contribution in [3.8, 4) is 0 Å². The van der Waals surface area contributed by atoms with Crippen molar-refractivity contribution >= 4 is 0 Å². The van der Waals surface area contributed by atoms with Crippen LogP contribution in [0.5, 0.6) is 0 Å². The molecule has 8 aliphatic rings. The van der Waals surface area contributed by atoms with Gasteiger partial charge in [0.2, 0.25) is 0 Å². The molecule has 8 rings (SSSR count). The summed E-state index contributed by atoms with van der Waals surface area (Å²) in [6.45, 7) is 73.3. The van der Waals surface area contributed by atoms with E-state index < -0.39 is 0 Å². The molecule has 0 N–H and O–H groups in total. The minimum atomic E-state index is 0.386. The number of hydrogen-bond acceptors (Lipinski definition) is 4. The van der Waals surface area contributed by atoms with Crippen molar-refractivity contribution < 1.29 is 0 Å². The van der Waals surface area contributed by atoms with Crippen molar-refractivity contribution in [2.75, 3.05) is 52.4 Å². The van der Waals surface area contributed by atoms with Crippen LogP contribution in [0.1, 0.15) is 304 Å². The number of hydrogen-bond donors (Lipinski definition) is 0. The summed E-state index contributed by atoms with van der Waals surface area (Å²) >= 11 is 0. The SMILES string of the molecule is CC.CC.CC.CC.CC.CC.CC.CC.CC1CC2(CCN(C(C)(C)C)CC2)C1.CC1CC2(CCN(C(C)C)CC2)C1.CC1CC2(CCN(C(C)C)CC2)C1.CC1CC2(CCN(C(C)C)CC2)C1. The highest BCUT2D eigenvalue weighted by atomic mass is 15.2.